The van der Waals surface area contributed by atoms with Crippen LogP contribution < -0.4 is 5.32 Å². The van der Waals surface area contributed by atoms with Gasteiger partial charge in [0.25, 0.3) is 0 Å². The van der Waals surface area contributed by atoms with Crippen LogP contribution >= 0.6 is 0 Å². The maximum atomic E-state index is 12.2. The average molecular weight is 279 g/mol. The Kier molecular flexibility index (Phi) is 3.69. The summed E-state index contributed by atoms with van der Waals surface area (Å²) in [7, 11) is 0. The molecule has 0 fully saturated rings. The zero-order valence-electron chi connectivity index (χ0n) is 11.8. The maximum Gasteiger partial charge on any atom is 0.227 e. The third-order valence-electron chi connectivity index (χ3n) is 3.56. The topological polar surface area (TPSA) is 57.8 Å². The molecule has 2 aromatic carbocycles. The predicted molar refractivity (Wildman–Crippen MR) is 82.8 cm³/mol. The van der Waals surface area contributed by atoms with Gasteiger partial charge in [0.15, 0.2) is 0 Å². The van der Waals surface area contributed by atoms with Crippen LogP contribution in [0.3, 0.4) is 0 Å². The van der Waals surface area contributed by atoms with E-state index in [1.165, 1.54) is 0 Å². The summed E-state index contributed by atoms with van der Waals surface area (Å²) in [5.41, 5.74) is 2.91. The molecule has 0 aliphatic heterocycles. The number of carbonyl (C=O) groups is 1. The standard InChI is InChI=1S/C17H17N3O/c1-12(13-7-3-2-4-8-13)17(21)18-11-16-19-14-9-5-6-10-15(14)20-16/h2-10,12H,11H2,1H3,(H,18,21)(H,19,20). The van der Waals surface area contributed by atoms with E-state index >= 15 is 0 Å². The molecule has 1 atom stereocenters. The van der Waals surface area contributed by atoms with Crippen molar-refractivity contribution in [3.05, 3.63) is 66.0 Å². The number of rotatable bonds is 4. The Hall–Kier alpha value is -2.62. The van der Waals surface area contributed by atoms with Crippen LogP contribution in [0.1, 0.15) is 24.2 Å². The molecular weight excluding hydrogens is 262 g/mol. The zero-order valence-corrected chi connectivity index (χ0v) is 11.8. The summed E-state index contributed by atoms with van der Waals surface area (Å²) in [5, 5.41) is 2.93. The van der Waals surface area contributed by atoms with E-state index in [1.54, 1.807) is 0 Å². The molecule has 2 N–H and O–H groups in total. The Morgan fingerprint density at radius 1 is 1.14 bits per heavy atom. The van der Waals surface area contributed by atoms with Crippen LogP contribution in [0.25, 0.3) is 11.0 Å². The molecule has 4 heteroatoms. The fraction of sp³-hybridized carbons (Fsp3) is 0.176. The number of nitrogens with zero attached hydrogens (tertiary/aromatic N) is 1. The number of amides is 1. The fourth-order valence-electron chi connectivity index (χ4n) is 2.31. The van der Waals surface area contributed by atoms with Crippen molar-refractivity contribution in [2.75, 3.05) is 0 Å². The van der Waals surface area contributed by atoms with Gasteiger partial charge in [0.05, 0.1) is 23.5 Å². The minimum absolute atomic E-state index is 0.00153. The Labute approximate surface area is 123 Å². The van der Waals surface area contributed by atoms with Crippen molar-refractivity contribution in [2.45, 2.75) is 19.4 Å². The van der Waals surface area contributed by atoms with Crippen molar-refractivity contribution >= 4 is 16.9 Å². The molecule has 1 amide bonds. The lowest BCUT2D eigenvalue weighted by molar-refractivity contribution is -0.122. The first kappa shape index (κ1) is 13.4. The minimum Gasteiger partial charge on any atom is -0.348 e. The van der Waals surface area contributed by atoms with Crippen LogP contribution in [-0.2, 0) is 11.3 Å². The van der Waals surface area contributed by atoms with Gasteiger partial charge in [0, 0.05) is 0 Å². The summed E-state index contributed by atoms with van der Waals surface area (Å²) in [6, 6.07) is 17.6. The number of aromatic amines is 1. The molecule has 4 nitrogen and oxygen atoms in total. The van der Waals surface area contributed by atoms with Crippen molar-refractivity contribution in [2.24, 2.45) is 0 Å². The van der Waals surface area contributed by atoms with Crippen molar-refractivity contribution in [3.8, 4) is 0 Å². The van der Waals surface area contributed by atoms with Gasteiger partial charge in [-0.05, 0) is 24.6 Å². The Morgan fingerprint density at radius 2 is 1.86 bits per heavy atom. The highest BCUT2D eigenvalue weighted by Gasteiger charge is 2.14. The second-order valence-corrected chi connectivity index (χ2v) is 5.05. The number of imidazole rings is 1. The highest BCUT2D eigenvalue weighted by Crippen LogP contribution is 2.15. The second kappa shape index (κ2) is 5.79. The molecule has 0 aliphatic rings. The Bertz CT molecular complexity index is 716. The van der Waals surface area contributed by atoms with E-state index in [2.05, 4.69) is 15.3 Å². The number of carbonyl (C=O) groups excluding carboxylic acids is 1. The van der Waals surface area contributed by atoms with Gasteiger partial charge < -0.3 is 10.3 Å². The lowest BCUT2D eigenvalue weighted by atomic mass is 10.0. The number of nitrogens with one attached hydrogen (secondary N) is 2. The van der Waals surface area contributed by atoms with E-state index < -0.39 is 0 Å². The summed E-state index contributed by atoms with van der Waals surface area (Å²) in [5.74, 6) is 0.599. The number of hydrogen-bond acceptors (Lipinski definition) is 2. The van der Waals surface area contributed by atoms with Gasteiger partial charge in [-0.1, -0.05) is 42.5 Å². The summed E-state index contributed by atoms with van der Waals surface area (Å²) >= 11 is 0. The van der Waals surface area contributed by atoms with Gasteiger partial charge in [-0.3, -0.25) is 4.79 Å². The first-order valence-electron chi connectivity index (χ1n) is 7.00. The Balaban J connectivity index is 1.65. The Morgan fingerprint density at radius 3 is 2.62 bits per heavy atom. The highest BCUT2D eigenvalue weighted by molar-refractivity contribution is 5.83. The van der Waals surface area contributed by atoms with Crippen LogP contribution in [0, 0.1) is 0 Å². The molecule has 0 spiro atoms. The van der Waals surface area contributed by atoms with Gasteiger partial charge >= 0.3 is 0 Å². The molecule has 106 valence electrons. The van der Waals surface area contributed by atoms with E-state index in [0.717, 1.165) is 22.4 Å². The highest BCUT2D eigenvalue weighted by atomic mass is 16.1. The van der Waals surface area contributed by atoms with Crippen LogP contribution in [0.15, 0.2) is 54.6 Å². The molecule has 3 rings (SSSR count). The molecule has 1 unspecified atom stereocenters. The fourth-order valence-corrected chi connectivity index (χ4v) is 2.31. The van der Waals surface area contributed by atoms with E-state index in [4.69, 9.17) is 0 Å². The lowest BCUT2D eigenvalue weighted by Gasteiger charge is -2.11. The second-order valence-electron chi connectivity index (χ2n) is 5.05. The number of hydrogen-bond donors (Lipinski definition) is 2. The smallest absolute Gasteiger partial charge is 0.227 e. The van der Waals surface area contributed by atoms with Crippen LogP contribution in [-0.4, -0.2) is 15.9 Å². The molecule has 0 bridgehead atoms. The third-order valence-corrected chi connectivity index (χ3v) is 3.56. The minimum atomic E-state index is -0.171. The number of H-pyrrole nitrogens is 1. The maximum absolute atomic E-state index is 12.2. The van der Waals surface area contributed by atoms with Crippen LogP contribution in [0.2, 0.25) is 0 Å². The zero-order chi connectivity index (χ0) is 14.7. The molecule has 3 aromatic rings. The van der Waals surface area contributed by atoms with Crippen molar-refractivity contribution < 1.29 is 4.79 Å². The largest absolute Gasteiger partial charge is 0.348 e. The number of aromatic nitrogens is 2. The van der Waals surface area contributed by atoms with Gasteiger partial charge in [0.1, 0.15) is 5.82 Å². The molecule has 0 radical (unpaired) electrons. The van der Waals surface area contributed by atoms with Gasteiger partial charge in [-0.25, -0.2) is 4.98 Å². The van der Waals surface area contributed by atoms with Gasteiger partial charge in [0.2, 0.25) is 5.91 Å². The van der Waals surface area contributed by atoms with E-state index in [-0.39, 0.29) is 11.8 Å². The summed E-state index contributed by atoms with van der Waals surface area (Å²) in [6.07, 6.45) is 0. The summed E-state index contributed by atoms with van der Waals surface area (Å²) in [4.78, 5) is 19.8. The average Bonchev–Trinajstić information content (AvgIpc) is 2.95. The SMILES string of the molecule is CC(C(=O)NCc1nc2ccccc2[nH]1)c1ccccc1. The van der Waals surface area contributed by atoms with E-state index in [0.29, 0.717) is 6.54 Å². The molecule has 0 aliphatic carbocycles. The van der Waals surface area contributed by atoms with Crippen LogP contribution in [0.5, 0.6) is 0 Å². The number of para-hydroxylation sites is 2. The van der Waals surface area contributed by atoms with Crippen molar-refractivity contribution in [3.63, 3.8) is 0 Å². The first-order chi connectivity index (χ1) is 10.2. The molecular formula is C17H17N3O. The molecule has 0 saturated carbocycles. The van der Waals surface area contributed by atoms with E-state index in [1.807, 2.05) is 61.5 Å². The van der Waals surface area contributed by atoms with Gasteiger partial charge in [-0.2, -0.15) is 0 Å². The number of benzene rings is 2. The summed E-state index contributed by atoms with van der Waals surface area (Å²) < 4.78 is 0. The normalized spacial score (nSPS) is 12.2. The predicted octanol–water partition coefficient (Wildman–Crippen LogP) is 2.98. The molecule has 0 saturated heterocycles. The summed E-state index contributed by atoms with van der Waals surface area (Å²) in [6.45, 7) is 2.31. The van der Waals surface area contributed by atoms with Crippen molar-refractivity contribution in [1.29, 1.82) is 0 Å². The monoisotopic (exact) mass is 279 g/mol. The lowest BCUT2D eigenvalue weighted by Crippen LogP contribution is -2.27. The molecule has 1 aromatic heterocycles. The first-order valence-corrected chi connectivity index (χ1v) is 7.00. The van der Waals surface area contributed by atoms with Crippen LogP contribution in [0.4, 0.5) is 0 Å². The third kappa shape index (κ3) is 2.94. The quantitative estimate of drug-likeness (QED) is 0.771. The van der Waals surface area contributed by atoms with E-state index in [9.17, 15) is 4.79 Å². The van der Waals surface area contributed by atoms with Gasteiger partial charge in [-0.15, -0.1) is 0 Å². The van der Waals surface area contributed by atoms with Crippen molar-refractivity contribution in [1.82, 2.24) is 15.3 Å². The number of fused-ring (bicyclic) bond motifs is 1. The molecule has 1 heterocycles. The molecule has 21 heavy (non-hydrogen) atoms.